The van der Waals surface area contributed by atoms with E-state index in [0.29, 0.717) is 11.0 Å². The van der Waals surface area contributed by atoms with Crippen molar-refractivity contribution >= 4 is 33.1 Å². The standard InChI is InChI=1S/C16H10N2OS/c19-16-13-4-2-1-3-12(13)14-11(10-6-8-20-9-10)5-7-17-15(14)18-16/h1-9H,(H,17,18,19). The minimum atomic E-state index is -0.0944. The number of rotatable bonds is 1. The van der Waals surface area contributed by atoms with Crippen LogP contribution in [0.15, 0.2) is 58.1 Å². The van der Waals surface area contributed by atoms with Crippen LogP contribution in [0, 0.1) is 0 Å². The van der Waals surface area contributed by atoms with Gasteiger partial charge in [0.2, 0.25) is 0 Å². The smallest absolute Gasteiger partial charge is 0.257 e. The van der Waals surface area contributed by atoms with Gasteiger partial charge >= 0.3 is 0 Å². The molecule has 4 aromatic rings. The number of thiophene rings is 1. The first-order valence-corrected chi connectivity index (χ1v) is 7.21. The maximum Gasteiger partial charge on any atom is 0.257 e. The number of benzene rings is 1. The Morgan fingerprint density at radius 3 is 2.70 bits per heavy atom. The minimum Gasteiger partial charge on any atom is -0.306 e. The highest BCUT2D eigenvalue weighted by Gasteiger charge is 2.11. The molecule has 0 saturated carbocycles. The van der Waals surface area contributed by atoms with Crippen molar-refractivity contribution in [1.29, 1.82) is 0 Å². The minimum absolute atomic E-state index is 0.0944. The van der Waals surface area contributed by atoms with Gasteiger partial charge < -0.3 is 4.98 Å². The summed E-state index contributed by atoms with van der Waals surface area (Å²) in [5.41, 5.74) is 2.80. The largest absolute Gasteiger partial charge is 0.306 e. The summed E-state index contributed by atoms with van der Waals surface area (Å²) in [6.07, 6.45) is 1.74. The highest BCUT2D eigenvalue weighted by Crippen LogP contribution is 2.31. The van der Waals surface area contributed by atoms with E-state index < -0.39 is 0 Å². The lowest BCUT2D eigenvalue weighted by molar-refractivity contribution is 1.26. The lowest BCUT2D eigenvalue weighted by atomic mass is 10.0. The number of pyridine rings is 2. The topological polar surface area (TPSA) is 45.8 Å². The summed E-state index contributed by atoms with van der Waals surface area (Å²) in [6, 6.07) is 11.7. The second-order valence-corrected chi connectivity index (χ2v) is 5.37. The van der Waals surface area contributed by atoms with Crippen molar-refractivity contribution in [3.63, 3.8) is 0 Å². The molecule has 1 aromatic carbocycles. The Kier molecular flexibility index (Phi) is 2.44. The number of aromatic amines is 1. The molecule has 0 bridgehead atoms. The van der Waals surface area contributed by atoms with E-state index in [2.05, 4.69) is 26.8 Å². The molecule has 0 saturated heterocycles. The van der Waals surface area contributed by atoms with Gasteiger partial charge in [-0.3, -0.25) is 4.79 Å². The second kappa shape index (κ2) is 4.28. The number of nitrogens with zero attached hydrogens (tertiary/aromatic N) is 1. The SMILES string of the molecule is O=c1[nH]c2nccc(-c3ccsc3)c2c2ccccc12. The number of hydrogen-bond donors (Lipinski definition) is 1. The van der Waals surface area contributed by atoms with Crippen molar-refractivity contribution in [3.8, 4) is 11.1 Å². The van der Waals surface area contributed by atoms with Crippen LogP contribution in [0.2, 0.25) is 0 Å². The highest BCUT2D eigenvalue weighted by molar-refractivity contribution is 7.08. The number of hydrogen-bond acceptors (Lipinski definition) is 3. The van der Waals surface area contributed by atoms with Crippen molar-refractivity contribution in [3.05, 3.63) is 63.7 Å². The average molecular weight is 278 g/mol. The Morgan fingerprint density at radius 2 is 1.90 bits per heavy atom. The zero-order chi connectivity index (χ0) is 13.5. The van der Waals surface area contributed by atoms with Gasteiger partial charge in [0.15, 0.2) is 0 Å². The molecule has 4 rings (SSSR count). The third-order valence-electron chi connectivity index (χ3n) is 3.46. The van der Waals surface area contributed by atoms with Gasteiger partial charge in [0.25, 0.3) is 5.56 Å². The molecule has 0 radical (unpaired) electrons. The molecule has 3 heterocycles. The van der Waals surface area contributed by atoms with Gasteiger partial charge in [0.05, 0.1) is 0 Å². The van der Waals surface area contributed by atoms with E-state index in [1.54, 1.807) is 17.5 Å². The molecular weight excluding hydrogens is 268 g/mol. The van der Waals surface area contributed by atoms with E-state index in [1.807, 2.05) is 30.3 Å². The maximum atomic E-state index is 12.1. The molecule has 0 spiro atoms. The van der Waals surface area contributed by atoms with Crippen LogP contribution >= 0.6 is 11.3 Å². The Hall–Kier alpha value is -2.46. The van der Waals surface area contributed by atoms with Crippen LogP contribution in [-0.4, -0.2) is 9.97 Å². The van der Waals surface area contributed by atoms with E-state index in [0.717, 1.165) is 21.9 Å². The van der Waals surface area contributed by atoms with Gasteiger partial charge in [0, 0.05) is 17.0 Å². The van der Waals surface area contributed by atoms with Gasteiger partial charge in [0.1, 0.15) is 5.65 Å². The third-order valence-corrected chi connectivity index (χ3v) is 4.14. The molecule has 4 heteroatoms. The number of fused-ring (bicyclic) bond motifs is 3. The average Bonchev–Trinajstić information content (AvgIpc) is 3.01. The van der Waals surface area contributed by atoms with E-state index in [1.165, 1.54) is 0 Å². The van der Waals surface area contributed by atoms with Crippen LogP contribution in [0.25, 0.3) is 32.9 Å². The molecule has 1 N–H and O–H groups in total. The lowest BCUT2D eigenvalue weighted by Crippen LogP contribution is -2.07. The molecule has 96 valence electrons. The number of H-pyrrole nitrogens is 1. The summed E-state index contributed by atoms with van der Waals surface area (Å²) in [7, 11) is 0. The fraction of sp³-hybridized carbons (Fsp3) is 0. The molecule has 20 heavy (non-hydrogen) atoms. The summed E-state index contributed by atoms with van der Waals surface area (Å²) in [6.45, 7) is 0. The zero-order valence-corrected chi connectivity index (χ0v) is 11.3. The van der Waals surface area contributed by atoms with Gasteiger partial charge in [-0.1, -0.05) is 18.2 Å². The van der Waals surface area contributed by atoms with Crippen LogP contribution < -0.4 is 5.56 Å². The zero-order valence-electron chi connectivity index (χ0n) is 10.5. The monoisotopic (exact) mass is 278 g/mol. The first-order chi connectivity index (χ1) is 9.84. The Labute approximate surface area is 118 Å². The Bertz CT molecular complexity index is 971. The summed E-state index contributed by atoms with van der Waals surface area (Å²) in [4.78, 5) is 19.3. The van der Waals surface area contributed by atoms with Crippen LogP contribution in [0.4, 0.5) is 0 Å². The van der Waals surface area contributed by atoms with Crippen molar-refractivity contribution < 1.29 is 0 Å². The van der Waals surface area contributed by atoms with Crippen LogP contribution in [-0.2, 0) is 0 Å². The van der Waals surface area contributed by atoms with E-state index in [4.69, 9.17) is 0 Å². The predicted octanol–water partition coefficient (Wildman–Crippen LogP) is 3.80. The molecule has 3 nitrogen and oxygen atoms in total. The van der Waals surface area contributed by atoms with Gasteiger partial charge in [-0.15, -0.1) is 0 Å². The van der Waals surface area contributed by atoms with E-state index in [-0.39, 0.29) is 5.56 Å². The van der Waals surface area contributed by atoms with Gasteiger partial charge in [-0.05, 0) is 45.5 Å². The maximum absolute atomic E-state index is 12.1. The lowest BCUT2D eigenvalue weighted by Gasteiger charge is -2.07. The summed E-state index contributed by atoms with van der Waals surface area (Å²) in [5, 5.41) is 6.80. The number of nitrogens with one attached hydrogen (secondary N) is 1. The third kappa shape index (κ3) is 1.58. The van der Waals surface area contributed by atoms with Crippen LogP contribution in [0.1, 0.15) is 0 Å². The summed E-state index contributed by atoms with van der Waals surface area (Å²) < 4.78 is 0. The van der Waals surface area contributed by atoms with Crippen LogP contribution in [0.3, 0.4) is 0 Å². The molecule has 0 atom stereocenters. The first kappa shape index (κ1) is 11.4. The van der Waals surface area contributed by atoms with Crippen LogP contribution in [0.5, 0.6) is 0 Å². The Morgan fingerprint density at radius 1 is 1.05 bits per heavy atom. The number of aromatic nitrogens is 2. The van der Waals surface area contributed by atoms with E-state index >= 15 is 0 Å². The molecule has 0 aliphatic heterocycles. The molecule has 0 unspecified atom stereocenters. The highest BCUT2D eigenvalue weighted by atomic mass is 32.1. The molecule has 0 amide bonds. The molecule has 0 aliphatic carbocycles. The van der Waals surface area contributed by atoms with Crippen molar-refractivity contribution in [2.75, 3.05) is 0 Å². The summed E-state index contributed by atoms with van der Waals surface area (Å²) >= 11 is 1.66. The van der Waals surface area contributed by atoms with E-state index in [9.17, 15) is 4.79 Å². The molecular formula is C16H10N2OS. The predicted molar refractivity (Wildman–Crippen MR) is 83.2 cm³/mol. The van der Waals surface area contributed by atoms with Crippen molar-refractivity contribution in [1.82, 2.24) is 9.97 Å². The molecule has 0 aliphatic rings. The molecule has 3 aromatic heterocycles. The second-order valence-electron chi connectivity index (χ2n) is 4.59. The fourth-order valence-corrected chi connectivity index (χ4v) is 3.22. The quantitative estimate of drug-likeness (QED) is 0.538. The normalized spacial score (nSPS) is 11.2. The summed E-state index contributed by atoms with van der Waals surface area (Å²) in [5.74, 6) is 0. The fourth-order valence-electron chi connectivity index (χ4n) is 2.56. The van der Waals surface area contributed by atoms with Gasteiger partial charge in [-0.2, -0.15) is 11.3 Å². The Balaban J connectivity index is 2.27. The van der Waals surface area contributed by atoms with Gasteiger partial charge in [-0.25, -0.2) is 4.98 Å². The first-order valence-electron chi connectivity index (χ1n) is 6.27. The van der Waals surface area contributed by atoms with Crippen molar-refractivity contribution in [2.24, 2.45) is 0 Å². The molecule has 0 fully saturated rings. The van der Waals surface area contributed by atoms with Crippen molar-refractivity contribution in [2.45, 2.75) is 0 Å².